The maximum atomic E-state index is 13.3. The minimum absolute atomic E-state index is 0.110. The van der Waals surface area contributed by atoms with Crippen LogP contribution in [-0.4, -0.2) is 69.5 Å². The van der Waals surface area contributed by atoms with Gasteiger partial charge in [0, 0.05) is 38.1 Å². The number of nitrogens with one attached hydrogen (secondary N) is 1. The second-order valence-electron chi connectivity index (χ2n) is 11.2. The highest BCUT2D eigenvalue weighted by Gasteiger charge is 2.47. The van der Waals surface area contributed by atoms with Crippen molar-refractivity contribution in [2.24, 2.45) is 0 Å². The number of carbonyl (C=O) groups excluding carboxylic acids is 4. The molecule has 1 N–H and O–H groups in total. The Balaban J connectivity index is 1.07. The van der Waals surface area contributed by atoms with Crippen LogP contribution >= 0.6 is 0 Å². The van der Waals surface area contributed by atoms with E-state index in [0.29, 0.717) is 29.8 Å². The minimum atomic E-state index is -0.948. The number of hydrogen-bond donors (Lipinski definition) is 1. The first-order valence-corrected chi connectivity index (χ1v) is 13.9. The molecule has 3 atom stereocenters. The maximum Gasteiger partial charge on any atom is 0.262 e. The third-order valence-electron chi connectivity index (χ3n) is 8.85. The van der Waals surface area contributed by atoms with Crippen molar-refractivity contribution in [3.05, 3.63) is 107 Å². The molecule has 0 aliphatic carbocycles. The first-order valence-electron chi connectivity index (χ1n) is 13.9. The molecule has 0 saturated carbocycles. The van der Waals surface area contributed by atoms with E-state index in [1.807, 2.05) is 12.1 Å². The summed E-state index contributed by atoms with van der Waals surface area (Å²) in [4.78, 5) is 56.4. The smallest absolute Gasteiger partial charge is 0.262 e. The van der Waals surface area contributed by atoms with Crippen molar-refractivity contribution in [1.29, 1.82) is 0 Å². The highest BCUT2D eigenvalue weighted by molar-refractivity contribution is 6.23. The van der Waals surface area contributed by atoms with Gasteiger partial charge in [-0.1, -0.05) is 66.7 Å². The first-order chi connectivity index (χ1) is 19.5. The highest BCUT2D eigenvalue weighted by Crippen LogP contribution is 2.40. The molecule has 4 aliphatic rings. The number of piperazine rings is 1. The van der Waals surface area contributed by atoms with Gasteiger partial charge in [-0.3, -0.25) is 39.2 Å². The third kappa shape index (κ3) is 4.15. The second-order valence-corrected chi connectivity index (χ2v) is 11.2. The number of piperidine rings is 1. The molecule has 7 rings (SSSR count). The molecule has 3 saturated heterocycles. The van der Waals surface area contributed by atoms with Crippen LogP contribution in [0.1, 0.15) is 62.7 Å². The van der Waals surface area contributed by atoms with Crippen molar-refractivity contribution in [3.8, 4) is 0 Å². The molecular weight excluding hydrogens is 504 g/mol. The van der Waals surface area contributed by atoms with Gasteiger partial charge in [0.25, 0.3) is 11.8 Å². The molecule has 0 aromatic heterocycles. The van der Waals surface area contributed by atoms with E-state index in [1.54, 1.807) is 6.07 Å². The predicted octanol–water partition coefficient (Wildman–Crippen LogP) is 3.14. The summed E-state index contributed by atoms with van der Waals surface area (Å²) in [5.41, 5.74) is 4.24. The largest absolute Gasteiger partial charge is 0.295 e. The van der Waals surface area contributed by atoms with Crippen molar-refractivity contribution in [3.63, 3.8) is 0 Å². The van der Waals surface area contributed by atoms with Gasteiger partial charge in [-0.2, -0.15) is 0 Å². The lowest BCUT2D eigenvalue weighted by molar-refractivity contribution is -0.136. The molecule has 8 nitrogen and oxygen atoms in total. The fourth-order valence-electron chi connectivity index (χ4n) is 6.99. The van der Waals surface area contributed by atoms with Gasteiger partial charge in [-0.25, -0.2) is 0 Å². The van der Waals surface area contributed by atoms with E-state index in [9.17, 15) is 19.2 Å². The minimum Gasteiger partial charge on any atom is -0.295 e. The van der Waals surface area contributed by atoms with Crippen molar-refractivity contribution >= 4 is 23.6 Å². The number of amides is 4. The van der Waals surface area contributed by atoms with Crippen LogP contribution in [0.25, 0.3) is 0 Å². The lowest BCUT2D eigenvalue weighted by Gasteiger charge is -2.39. The zero-order chi connectivity index (χ0) is 27.4. The van der Waals surface area contributed by atoms with Crippen LogP contribution in [0.15, 0.2) is 78.9 Å². The zero-order valence-corrected chi connectivity index (χ0v) is 22.0. The number of nitrogens with zero attached hydrogens (tertiary/aromatic N) is 3. The molecule has 3 aromatic rings. The standard InChI is InChI=1S/C32H30N4O4/c37-28-14-13-27(30(38)33-28)36-31(39)25-12-11-20(15-26(25)32(36)40)17-34-18-24-16-23(34)19-35(24)29(21-7-3-1-4-8-21)22-9-5-2-6-10-22/h1-12,15,23-24,27,29H,13-14,16-19H2,(H,33,37,38)/t23-,24-,27?/m0/s1. The van der Waals surface area contributed by atoms with Crippen LogP contribution in [0, 0.1) is 0 Å². The van der Waals surface area contributed by atoms with Gasteiger partial charge in [-0.05, 0) is 41.7 Å². The second kappa shape index (κ2) is 9.80. The Bertz CT molecular complexity index is 1470. The molecule has 4 amide bonds. The van der Waals surface area contributed by atoms with Gasteiger partial charge in [-0.15, -0.1) is 0 Å². The van der Waals surface area contributed by atoms with Crippen LogP contribution in [0.5, 0.6) is 0 Å². The lowest BCUT2D eigenvalue weighted by Crippen LogP contribution is -2.54. The molecule has 0 spiro atoms. The lowest BCUT2D eigenvalue weighted by atomic mass is 9.96. The van der Waals surface area contributed by atoms with Gasteiger partial charge in [0.05, 0.1) is 17.2 Å². The van der Waals surface area contributed by atoms with Crippen LogP contribution in [-0.2, 0) is 16.1 Å². The van der Waals surface area contributed by atoms with Crippen LogP contribution in [0.4, 0.5) is 0 Å². The molecule has 8 heteroatoms. The molecule has 202 valence electrons. The monoisotopic (exact) mass is 534 g/mol. The number of benzene rings is 3. The molecular formula is C32H30N4O4. The molecule has 2 bridgehead atoms. The number of rotatable bonds is 6. The summed E-state index contributed by atoms with van der Waals surface area (Å²) in [5.74, 6) is -1.89. The number of likely N-dealkylation sites (tertiary alicyclic amines) is 2. The highest BCUT2D eigenvalue weighted by atomic mass is 16.2. The Kier molecular flexibility index (Phi) is 6.09. The molecule has 40 heavy (non-hydrogen) atoms. The Morgan fingerprint density at radius 2 is 1.45 bits per heavy atom. The van der Waals surface area contributed by atoms with Gasteiger partial charge >= 0.3 is 0 Å². The van der Waals surface area contributed by atoms with Gasteiger partial charge < -0.3 is 0 Å². The molecule has 3 aromatic carbocycles. The predicted molar refractivity (Wildman–Crippen MR) is 147 cm³/mol. The summed E-state index contributed by atoms with van der Waals surface area (Å²) in [6, 6.07) is 26.9. The number of fused-ring (bicyclic) bond motifs is 3. The summed E-state index contributed by atoms with van der Waals surface area (Å²) < 4.78 is 0. The van der Waals surface area contributed by atoms with E-state index in [-0.39, 0.29) is 24.8 Å². The SMILES string of the molecule is O=C1CCC(N2C(=O)c3ccc(CN4C[C@@H]5C[C@H]4CN5C(c4ccccc4)c4ccccc4)cc3C2=O)C(=O)N1. The van der Waals surface area contributed by atoms with E-state index in [1.165, 1.54) is 11.1 Å². The van der Waals surface area contributed by atoms with Gasteiger partial charge in [0.1, 0.15) is 6.04 Å². The number of imide groups is 2. The number of hydrogen-bond acceptors (Lipinski definition) is 6. The zero-order valence-electron chi connectivity index (χ0n) is 22.0. The average molecular weight is 535 g/mol. The maximum absolute atomic E-state index is 13.3. The van der Waals surface area contributed by atoms with Crippen molar-refractivity contribution in [1.82, 2.24) is 20.0 Å². The summed E-state index contributed by atoms with van der Waals surface area (Å²) in [5, 5.41) is 2.25. The Morgan fingerprint density at radius 1 is 0.775 bits per heavy atom. The van der Waals surface area contributed by atoms with E-state index in [2.05, 4.69) is 75.8 Å². The topological polar surface area (TPSA) is 90.0 Å². The normalized spacial score (nSPS) is 24.7. The summed E-state index contributed by atoms with van der Waals surface area (Å²) in [7, 11) is 0. The average Bonchev–Trinajstić information content (AvgIpc) is 3.62. The van der Waals surface area contributed by atoms with E-state index < -0.39 is 23.8 Å². The molecule has 4 aliphatic heterocycles. The summed E-state index contributed by atoms with van der Waals surface area (Å²) >= 11 is 0. The van der Waals surface area contributed by atoms with E-state index in [4.69, 9.17) is 0 Å². The first kappa shape index (κ1) is 24.9. The Hall–Kier alpha value is -4.14. The van der Waals surface area contributed by atoms with E-state index in [0.717, 1.165) is 30.0 Å². The van der Waals surface area contributed by atoms with Crippen LogP contribution in [0.3, 0.4) is 0 Å². The van der Waals surface area contributed by atoms with Crippen LogP contribution < -0.4 is 5.32 Å². The summed E-state index contributed by atoms with van der Waals surface area (Å²) in [6.45, 7) is 2.60. The van der Waals surface area contributed by atoms with Crippen molar-refractivity contribution < 1.29 is 19.2 Å². The molecule has 3 fully saturated rings. The van der Waals surface area contributed by atoms with Gasteiger partial charge in [0.2, 0.25) is 11.8 Å². The Labute approximate surface area is 232 Å². The molecule has 1 unspecified atom stereocenters. The third-order valence-corrected chi connectivity index (χ3v) is 8.85. The number of carbonyl (C=O) groups is 4. The Morgan fingerprint density at radius 3 is 2.08 bits per heavy atom. The van der Waals surface area contributed by atoms with Crippen LogP contribution in [0.2, 0.25) is 0 Å². The van der Waals surface area contributed by atoms with Crippen molar-refractivity contribution in [2.75, 3.05) is 13.1 Å². The molecule has 0 radical (unpaired) electrons. The fraction of sp³-hybridized carbons (Fsp3) is 0.312. The van der Waals surface area contributed by atoms with E-state index >= 15 is 0 Å². The fourth-order valence-corrected chi connectivity index (χ4v) is 6.99. The van der Waals surface area contributed by atoms with Crippen molar-refractivity contribution in [2.45, 2.75) is 50.0 Å². The van der Waals surface area contributed by atoms with Gasteiger partial charge in [0.15, 0.2) is 0 Å². The quantitative estimate of drug-likeness (QED) is 0.489. The molecule has 4 heterocycles. The summed E-state index contributed by atoms with van der Waals surface area (Å²) in [6.07, 6.45) is 1.37.